The number of aliphatic imine (C=N–C) groups is 1. The van der Waals surface area contributed by atoms with Crippen LogP contribution < -0.4 is 10.6 Å². The molecule has 0 aliphatic carbocycles. The topological polar surface area (TPSA) is 69.9 Å². The van der Waals surface area contributed by atoms with Crippen LogP contribution in [0.2, 0.25) is 0 Å². The number of halogens is 1. The van der Waals surface area contributed by atoms with Crippen LogP contribution in [0, 0.1) is 0 Å². The molecule has 6 nitrogen and oxygen atoms in total. The van der Waals surface area contributed by atoms with Gasteiger partial charge in [-0.15, -0.1) is 24.0 Å². The highest BCUT2D eigenvalue weighted by Crippen LogP contribution is 2.09. The van der Waals surface area contributed by atoms with Crippen molar-refractivity contribution in [1.29, 1.82) is 0 Å². The number of nitrogens with zero attached hydrogens (tertiary/aromatic N) is 2. The summed E-state index contributed by atoms with van der Waals surface area (Å²) in [6, 6.07) is 3.87. The molecule has 1 fully saturated rings. The smallest absolute Gasteiger partial charge is 0.222 e. The summed E-state index contributed by atoms with van der Waals surface area (Å²) in [5.74, 6) is 2.07. The lowest BCUT2D eigenvalue weighted by atomic mass is 10.3. The van der Waals surface area contributed by atoms with E-state index in [2.05, 4.69) is 15.6 Å². The quantitative estimate of drug-likeness (QED) is 0.284. The molecule has 130 valence electrons. The van der Waals surface area contributed by atoms with Gasteiger partial charge in [0.1, 0.15) is 5.76 Å². The van der Waals surface area contributed by atoms with Crippen LogP contribution in [0.1, 0.15) is 31.9 Å². The van der Waals surface area contributed by atoms with Crippen molar-refractivity contribution in [3.8, 4) is 0 Å². The monoisotopic (exact) mass is 434 g/mol. The fraction of sp³-hybridized carbons (Fsp3) is 0.625. The molecule has 0 spiro atoms. The molecule has 2 heterocycles. The van der Waals surface area contributed by atoms with Gasteiger partial charge in [-0.05, 0) is 31.9 Å². The second-order valence-corrected chi connectivity index (χ2v) is 5.35. The average Bonchev–Trinajstić information content (AvgIpc) is 3.15. The highest BCUT2D eigenvalue weighted by Gasteiger charge is 2.18. The minimum absolute atomic E-state index is 0. The van der Waals surface area contributed by atoms with Crippen LogP contribution in [0.25, 0.3) is 0 Å². The van der Waals surface area contributed by atoms with Gasteiger partial charge in [-0.25, -0.2) is 0 Å². The zero-order chi connectivity index (χ0) is 15.6. The number of guanidine groups is 1. The molecule has 1 saturated heterocycles. The van der Waals surface area contributed by atoms with Crippen molar-refractivity contribution < 1.29 is 9.21 Å². The van der Waals surface area contributed by atoms with E-state index >= 15 is 0 Å². The van der Waals surface area contributed by atoms with Crippen LogP contribution in [-0.2, 0) is 11.2 Å². The maximum atomic E-state index is 11.5. The number of furan rings is 1. The maximum Gasteiger partial charge on any atom is 0.222 e. The van der Waals surface area contributed by atoms with Gasteiger partial charge >= 0.3 is 0 Å². The largest absolute Gasteiger partial charge is 0.469 e. The Morgan fingerprint density at radius 2 is 2.30 bits per heavy atom. The predicted octanol–water partition coefficient (Wildman–Crippen LogP) is 2.01. The normalized spacial score (nSPS) is 14.7. The lowest BCUT2D eigenvalue weighted by molar-refractivity contribution is -0.127. The van der Waals surface area contributed by atoms with Crippen molar-refractivity contribution in [2.24, 2.45) is 4.99 Å². The van der Waals surface area contributed by atoms with Crippen molar-refractivity contribution in [1.82, 2.24) is 15.5 Å². The molecule has 0 unspecified atom stereocenters. The molecule has 0 atom stereocenters. The Morgan fingerprint density at radius 1 is 1.43 bits per heavy atom. The lowest BCUT2D eigenvalue weighted by Crippen LogP contribution is -2.38. The van der Waals surface area contributed by atoms with Gasteiger partial charge in [-0.1, -0.05) is 0 Å². The van der Waals surface area contributed by atoms with Crippen molar-refractivity contribution >= 4 is 35.8 Å². The molecule has 0 saturated carbocycles. The van der Waals surface area contributed by atoms with E-state index in [0.29, 0.717) is 6.42 Å². The highest BCUT2D eigenvalue weighted by molar-refractivity contribution is 14.0. The molecule has 1 aliphatic heterocycles. The van der Waals surface area contributed by atoms with Crippen LogP contribution in [0.5, 0.6) is 0 Å². The number of carbonyl (C=O) groups is 1. The number of carbonyl (C=O) groups excluding carboxylic acids is 1. The first-order valence-corrected chi connectivity index (χ1v) is 8.12. The lowest BCUT2D eigenvalue weighted by Gasteiger charge is -2.15. The van der Waals surface area contributed by atoms with E-state index in [0.717, 1.165) is 63.7 Å². The molecule has 7 heteroatoms. The first kappa shape index (κ1) is 19.8. The van der Waals surface area contributed by atoms with Gasteiger partial charge in [-0.2, -0.15) is 0 Å². The van der Waals surface area contributed by atoms with Crippen LogP contribution in [0.15, 0.2) is 27.8 Å². The summed E-state index contributed by atoms with van der Waals surface area (Å²) in [5, 5.41) is 6.52. The zero-order valence-corrected chi connectivity index (χ0v) is 16.0. The third-order valence-corrected chi connectivity index (χ3v) is 3.62. The van der Waals surface area contributed by atoms with E-state index in [1.807, 2.05) is 24.0 Å². The Morgan fingerprint density at radius 3 is 2.96 bits per heavy atom. The summed E-state index contributed by atoms with van der Waals surface area (Å²) < 4.78 is 5.30. The summed E-state index contributed by atoms with van der Waals surface area (Å²) >= 11 is 0. The molecule has 0 bridgehead atoms. The minimum Gasteiger partial charge on any atom is -0.469 e. The van der Waals surface area contributed by atoms with E-state index in [1.165, 1.54) is 0 Å². The van der Waals surface area contributed by atoms with Gasteiger partial charge in [0.25, 0.3) is 0 Å². The third-order valence-electron chi connectivity index (χ3n) is 3.62. The Bertz CT molecular complexity index is 476. The third kappa shape index (κ3) is 7.24. The van der Waals surface area contributed by atoms with E-state index in [9.17, 15) is 4.79 Å². The summed E-state index contributed by atoms with van der Waals surface area (Å²) in [7, 11) is 0. The molecule has 1 aromatic heterocycles. The predicted molar refractivity (Wildman–Crippen MR) is 102 cm³/mol. The van der Waals surface area contributed by atoms with Crippen molar-refractivity contribution in [2.75, 3.05) is 32.7 Å². The fourth-order valence-corrected chi connectivity index (χ4v) is 2.49. The second-order valence-electron chi connectivity index (χ2n) is 5.35. The summed E-state index contributed by atoms with van der Waals surface area (Å²) in [5.41, 5.74) is 0. The van der Waals surface area contributed by atoms with Gasteiger partial charge in [0.05, 0.1) is 6.26 Å². The van der Waals surface area contributed by atoms with Crippen molar-refractivity contribution in [3.05, 3.63) is 24.2 Å². The number of hydrogen-bond donors (Lipinski definition) is 2. The molecule has 0 aromatic carbocycles. The zero-order valence-electron chi connectivity index (χ0n) is 13.7. The van der Waals surface area contributed by atoms with Gasteiger partial charge in [0.15, 0.2) is 5.96 Å². The van der Waals surface area contributed by atoms with Crippen molar-refractivity contribution in [3.63, 3.8) is 0 Å². The summed E-state index contributed by atoms with van der Waals surface area (Å²) in [4.78, 5) is 18.0. The second kappa shape index (κ2) is 11.3. The van der Waals surface area contributed by atoms with Gasteiger partial charge in [0.2, 0.25) is 5.91 Å². The molecule has 23 heavy (non-hydrogen) atoms. The minimum atomic E-state index is 0. The molecule has 1 aromatic rings. The Labute approximate surface area is 155 Å². The molecule has 1 amide bonds. The molecule has 2 rings (SSSR count). The standard InChI is InChI=1S/C16H26N4O2.HI/c1-2-17-16(19-10-8-14-6-4-13-22-14)18-9-5-12-20-11-3-7-15(20)21;/h4,6,13H,2-3,5,7-12H2,1H3,(H2,17,18,19);1H. The Balaban J connectivity index is 0.00000264. The SMILES string of the molecule is CCNC(=NCCCN1CCCC1=O)NCCc1ccco1.I. The Hall–Kier alpha value is -1.25. The first-order chi connectivity index (χ1) is 10.8. The number of nitrogens with one attached hydrogen (secondary N) is 2. The molecular weight excluding hydrogens is 407 g/mol. The summed E-state index contributed by atoms with van der Waals surface area (Å²) in [6.45, 7) is 6.10. The van der Waals surface area contributed by atoms with Crippen LogP contribution >= 0.6 is 24.0 Å². The van der Waals surface area contributed by atoms with Crippen LogP contribution in [-0.4, -0.2) is 49.5 Å². The average molecular weight is 434 g/mol. The van der Waals surface area contributed by atoms with E-state index in [-0.39, 0.29) is 29.9 Å². The van der Waals surface area contributed by atoms with E-state index < -0.39 is 0 Å². The molecule has 0 radical (unpaired) electrons. The summed E-state index contributed by atoms with van der Waals surface area (Å²) in [6.07, 6.45) is 5.13. The molecule has 2 N–H and O–H groups in total. The van der Waals surface area contributed by atoms with Crippen LogP contribution in [0.4, 0.5) is 0 Å². The number of hydrogen-bond acceptors (Lipinski definition) is 3. The van der Waals surface area contributed by atoms with Gasteiger partial charge in [0, 0.05) is 45.6 Å². The van der Waals surface area contributed by atoms with Crippen LogP contribution in [0.3, 0.4) is 0 Å². The van der Waals surface area contributed by atoms with Gasteiger partial charge in [-0.3, -0.25) is 9.79 Å². The number of amides is 1. The van der Waals surface area contributed by atoms with E-state index in [1.54, 1.807) is 6.26 Å². The highest BCUT2D eigenvalue weighted by atomic mass is 127. The van der Waals surface area contributed by atoms with E-state index in [4.69, 9.17) is 4.42 Å². The Kier molecular flexibility index (Phi) is 9.74. The number of rotatable bonds is 8. The maximum absolute atomic E-state index is 11.5. The van der Waals surface area contributed by atoms with Gasteiger partial charge < -0.3 is 20.0 Å². The van der Waals surface area contributed by atoms with Crippen molar-refractivity contribution in [2.45, 2.75) is 32.6 Å². The number of likely N-dealkylation sites (tertiary alicyclic amines) is 1. The molecule has 1 aliphatic rings. The molecular formula is C16H27IN4O2. The fourth-order valence-electron chi connectivity index (χ4n) is 2.49. The first-order valence-electron chi connectivity index (χ1n) is 8.12.